The topological polar surface area (TPSA) is 89.7 Å². The van der Waals surface area contributed by atoms with E-state index < -0.39 is 10.9 Å². The number of carboxylic acids is 1. The lowest BCUT2D eigenvalue weighted by molar-refractivity contribution is -0.384. The van der Waals surface area contributed by atoms with Gasteiger partial charge in [0.05, 0.1) is 4.92 Å². The second-order valence-corrected chi connectivity index (χ2v) is 5.00. The van der Waals surface area contributed by atoms with E-state index in [1.807, 2.05) is 0 Å². The molecule has 0 aliphatic rings. The van der Waals surface area contributed by atoms with Crippen molar-refractivity contribution in [2.75, 3.05) is 0 Å². The van der Waals surface area contributed by atoms with Gasteiger partial charge in [-0.2, -0.15) is 0 Å². The van der Waals surface area contributed by atoms with E-state index >= 15 is 0 Å². The third-order valence-corrected chi connectivity index (χ3v) is 3.15. The second-order valence-electron chi connectivity index (χ2n) is 4.57. The van der Waals surface area contributed by atoms with Crippen LogP contribution in [-0.4, -0.2) is 16.0 Å². The van der Waals surface area contributed by atoms with Gasteiger partial charge in [0, 0.05) is 28.8 Å². The summed E-state index contributed by atoms with van der Waals surface area (Å²) in [5, 5.41) is 19.8. The maximum atomic E-state index is 10.6. The highest BCUT2D eigenvalue weighted by Crippen LogP contribution is 2.25. The minimum atomic E-state index is -1.08. The van der Waals surface area contributed by atoms with Crippen LogP contribution in [0.4, 0.5) is 5.69 Å². The summed E-state index contributed by atoms with van der Waals surface area (Å²) >= 11 is 5.90. The number of benzene rings is 2. The molecule has 0 radical (unpaired) electrons. The van der Waals surface area contributed by atoms with Crippen molar-refractivity contribution < 1.29 is 19.6 Å². The molecule has 0 atom stereocenters. The molecular weight excluding hydrogens is 322 g/mol. The smallest absolute Gasteiger partial charge is 0.328 e. The molecule has 2 aromatic carbocycles. The molecule has 2 rings (SSSR count). The molecule has 0 amide bonds. The first kappa shape index (κ1) is 16.5. The van der Waals surface area contributed by atoms with Crippen LogP contribution in [0.3, 0.4) is 0 Å². The number of aliphatic carboxylic acids is 1. The molecule has 0 bridgehead atoms. The van der Waals surface area contributed by atoms with Crippen molar-refractivity contribution in [3.8, 4) is 5.75 Å². The van der Waals surface area contributed by atoms with Gasteiger partial charge >= 0.3 is 5.97 Å². The quantitative estimate of drug-likeness (QED) is 0.491. The number of carbonyl (C=O) groups is 1. The number of nitrogens with zero attached hydrogens (tertiary/aromatic N) is 1. The van der Waals surface area contributed by atoms with E-state index in [1.165, 1.54) is 18.2 Å². The number of nitro benzene ring substituents is 1. The highest BCUT2D eigenvalue weighted by Gasteiger charge is 2.06. The molecule has 7 heteroatoms. The van der Waals surface area contributed by atoms with E-state index in [4.69, 9.17) is 21.4 Å². The Kier molecular flexibility index (Phi) is 5.32. The zero-order valence-corrected chi connectivity index (χ0v) is 12.6. The number of hydrogen-bond donors (Lipinski definition) is 1. The van der Waals surface area contributed by atoms with Gasteiger partial charge in [0.1, 0.15) is 12.4 Å². The maximum absolute atomic E-state index is 10.6. The van der Waals surface area contributed by atoms with Crippen LogP contribution in [-0.2, 0) is 11.4 Å². The van der Waals surface area contributed by atoms with Crippen LogP contribution in [0.1, 0.15) is 11.1 Å². The molecule has 0 aromatic heterocycles. The minimum absolute atomic E-state index is 0.00493. The van der Waals surface area contributed by atoms with Gasteiger partial charge in [-0.05, 0) is 42.0 Å². The molecular formula is C16H12ClNO5. The van der Waals surface area contributed by atoms with Crippen LogP contribution in [0.25, 0.3) is 6.08 Å². The molecule has 0 aliphatic heterocycles. The first-order valence-corrected chi connectivity index (χ1v) is 6.90. The maximum Gasteiger partial charge on any atom is 0.328 e. The lowest BCUT2D eigenvalue weighted by Crippen LogP contribution is -1.98. The Morgan fingerprint density at radius 1 is 1.26 bits per heavy atom. The van der Waals surface area contributed by atoms with Crippen molar-refractivity contribution >= 4 is 29.3 Å². The van der Waals surface area contributed by atoms with E-state index in [2.05, 4.69) is 0 Å². The Morgan fingerprint density at radius 3 is 2.57 bits per heavy atom. The van der Waals surface area contributed by atoms with Gasteiger partial charge in [-0.3, -0.25) is 10.1 Å². The number of hydrogen-bond acceptors (Lipinski definition) is 4. The Labute approximate surface area is 136 Å². The van der Waals surface area contributed by atoms with E-state index in [1.54, 1.807) is 30.3 Å². The van der Waals surface area contributed by atoms with Crippen LogP contribution in [0, 0.1) is 10.1 Å². The number of nitro groups is 1. The molecule has 0 fully saturated rings. The largest absolute Gasteiger partial charge is 0.488 e. The lowest BCUT2D eigenvalue weighted by atomic mass is 10.2. The summed E-state index contributed by atoms with van der Waals surface area (Å²) in [5.41, 5.74) is 1.28. The Morgan fingerprint density at radius 2 is 1.96 bits per heavy atom. The number of rotatable bonds is 6. The van der Waals surface area contributed by atoms with E-state index in [-0.39, 0.29) is 12.3 Å². The molecule has 0 saturated heterocycles. The zero-order chi connectivity index (χ0) is 16.8. The highest BCUT2D eigenvalue weighted by atomic mass is 35.5. The van der Waals surface area contributed by atoms with Gasteiger partial charge < -0.3 is 9.84 Å². The van der Waals surface area contributed by atoms with E-state index in [0.717, 1.165) is 11.6 Å². The lowest BCUT2D eigenvalue weighted by Gasteiger charge is -2.09. The van der Waals surface area contributed by atoms with Gasteiger partial charge in [-0.15, -0.1) is 0 Å². The van der Waals surface area contributed by atoms with Gasteiger partial charge in [-0.25, -0.2) is 4.79 Å². The number of halogens is 1. The molecule has 6 nitrogen and oxygen atoms in total. The van der Waals surface area contributed by atoms with Crippen molar-refractivity contribution in [1.29, 1.82) is 0 Å². The first-order valence-electron chi connectivity index (χ1n) is 6.52. The normalized spacial score (nSPS) is 10.7. The van der Waals surface area contributed by atoms with Gasteiger partial charge in [0.25, 0.3) is 5.69 Å². The molecule has 0 saturated carbocycles. The van der Waals surface area contributed by atoms with Crippen LogP contribution in [0.15, 0.2) is 48.5 Å². The van der Waals surface area contributed by atoms with Crippen LogP contribution in [0.2, 0.25) is 5.02 Å². The molecule has 1 N–H and O–H groups in total. The van der Waals surface area contributed by atoms with Crippen LogP contribution < -0.4 is 4.74 Å². The standard InChI is InChI=1S/C16H12ClNO5/c17-13-4-7-15(12(9-13)3-8-16(19)20)23-10-11-1-5-14(6-2-11)18(21)22/h1-9H,10H2,(H,19,20). The molecule has 2 aromatic rings. The Balaban J connectivity index is 2.13. The average molecular weight is 334 g/mol. The fourth-order valence-corrected chi connectivity index (χ4v) is 2.00. The zero-order valence-electron chi connectivity index (χ0n) is 11.8. The van der Waals surface area contributed by atoms with Crippen LogP contribution >= 0.6 is 11.6 Å². The van der Waals surface area contributed by atoms with Crippen molar-refractivity contribution in [2.24, 2.45) is 0 Å². The summed E-state index contributed by atoms with van der Waals surface area (Å²) in [7, 11) is 0. The fraction of sp³-hybridized carbons (Fsp3) is 0.0625. The molecule has 0 spiro atoms. The minimum Gasteiger partial charge on any atom is -0.488 e. The number of ether oxygens (including phenoxy) is 1. The van der Waals surface area contributed by atoms with Gasteiger partial charge in [-0.1, -0.05) is 11.6 Å². The van der Waals surface area contributed by atoms with E-state index in [9.17, 15) is 14.9 Å². The molecule has 0 aliphatic carbocycles. The summed E-state index contributed by atoms with van der Waals surface area (Å²) in [5.74, 6) is -0.614. The fourth-order valence-electron chi connectivity index (χ4n) is 1.82. The molecule has 118 valence electrons. The Bertz CT molecular complexity index is 756. The van der Waals surface area contributed by atoms with Crippen molar-refractivity contribution in [3.05, 3.63) is 74.8 Å². The SMILES string of the molecule is O=C(O)C=Cc1cc(Cl)ccc1OCc1ccc([N+](=O)[O-])cc1. The van der Waals surface area contributed by atoms with E-state index in [0.29, 0.717) is 16.3 Å². The summed E-state index contributed by atoms with van der Waals surface area (Å²) < 4.78 is 5.64. The monoisotopic (exact) mass is 333 g/mol. The molecule has 0 heterocycles. The third-order valence-electron chi connectivity index (χ3n) is 2.92. The highest BCUT2D eigenvalue weighted by molar-refractivity contribution is 6.30. The van der Waals surface area contributed by atoms with Crippen molar-refractivity contribution in [3.63, 3.8) is 0 Å². The second kappa shape index (κ2) is 7.42. The first-order chi connectivity index (χ1) is 11.0. The molecule has 0 unspecified atom stereocenters. The summed E-state index contributed by atoms with van der Waals surface area (Å²) in [6.45, 7) is 0.188. The number of non-ortho nitro benzene ring substituents is 1. The molecule has 23 heavy (non-hydrogen) atoms. The summed E-state index contributed by atoms with van der Waals surface area (Å²) in [6, 6.07) is 10.8. The summed E-state index contributed by atoms with van der Waals surface area (Å²) in [4.78, 5) is 20.7. The summed E-state index contributed by atoms with van der Waals surface area (Å²) in [6.07, 6.45) is 2.38. The number of carboxylic acid groups (broad SMARTS) is 1. The van der Waals surface area contributed by atoms with Gasteiger partial charge in [0.2, 0.25) is 0 Å². The predicted octanol–water partition coefficient (Wildman–Crippen LogP) is 3.93. The third kappa shape index (κ3) is 4.82. The predicted molar refractivity (Wildman–Crippen MR) is 85.6 cm³/mol. The van der Waals surface area contributed by atoms with Gasteiger partial charge in [0.15, 0.2) is 0 Å². The van der Waals surface area contributed by atoms with Crippen LogP contribution in [0.5, 0.6) is 5.75 Å². The average Bonchev–Trinajstić information content (AvgIpc) is 2.52. The van der Waals surface area contributed by atoms with Crippen molar-refractivity contribution in [2.45, 2.75) is 6.61 Å². The van der Waals surface area contributed by atoms with Crippen molar-refractivity contribution in [1.82, 2.24) is 0 Å². The Hall–Kier alpha value is -2.86.